The minimum Gasteiger partial charge on any atom is -0.351 e. The number of rotatable bonds is 8. The maximum Gasteiger partial charge on any atom is 0.269 e. The van der Waals surface area contributed by atoms with Gasteiger partial charge < -0.3 is 5.32 Å². The fourth-order valence-electron chi connectivity index (χ4n) is 4.96. The van der Waals surface area contributed by atoms with Crippen molar-refractivity contribution in [2.45, 2.75) is 43.7 Å². The van der Waals surface area contributed by atoms with Crippen LogP contribution in [0.3, 0.4) is 0 Å². The molecule has 0 bridgehead atoms. The number of hydrogen-bond acceptors (Lipinski definition) is 9. The van der Waals surface area contributed by atoms with E-state index in [4.69, 9.17) is 10.7 Å². The van der Waals surface area contributed by atoms with Gasteiger partial charge in [-0.15, -0.1) is 0 Å². The van der Waals surface area contributed by atoms with E-state index in [-0.39, 0.29) is 34.5 Å². The Morgan fingerprint density at radius 3 is 2.37 bits per heavy atom. The third-order valence-electron chi connectivity index (χ3n) is 7.28. The second-order valence-electron chi connectivity index (χ2n) is 10.3. The van der Waals surface area contributed by atoms with E-state index in [1.165, 1.54) is 28.8 Å². The summed E-state index contributed by atoms with van der Waals surface area (Å²) in [5, 5.41) is 3.41. The molecule has 1 aliphatic rings. The summed E-state index contributed by atoms with van der Waals surface area (Å²) in [6.45, 7) is 2.33. The molecule has 11 nitrogen and oxygen atoms in total. The van der Waals surface area contributed by atoms with Gasteiger partial charge in [0.05, 0.1) is 29.0 Å². The Kier molecular flexibility index (Phi) is 8.53. The van der Waals surface area contributed by atoms with Crippen LogP contribution in [-0.2, 0) is 25.6 Å². The monoisotopic (exact) mass is 652 g/mol. The smallest absolute Gasteiger partial charge is 0.269 e. The highest BCUT2D eigenvalue weighted by atomic mass is 35.7. The SMILES string of the molecule is Cc1ccc(S(=O)(=O)Cl)cc1-c1ccc(Cn2c(=O)c(C(F)F)cc3cnc(NC4CCN(S(C)(=O)=O)CC4)nc32)cn1. The molecule has 0 amide bonds. The number of alkyl halides is 2. The number of benzene rings is 1. The first-order valence-electron chi connectivity index (χ1n) is 13.1. The number of aryl methyl sites for hydroxylation is 1. The fourth-order valence-corrected chi connectivity index (χ4v) is 6.61. The van der Waals surface area contributed by atoms with Crippen LogP contribution in [0.15, 0.2) is 58.5 Å². The van der Waals surface area contributed by atoms with E-state index in [0.717, 1.165) is 22.5 Å². The summed E-state index contributed by atoms with van der Waals surface area (Å²) in [7, 11) is -1.75. The Balaban J connectivity index is 1.46. The minimum atomic E-state index is -3.96. The molecule has 0 atom stereocenters. The van der Waals surface area contributed by atoms with Gasteiger partial charge in [-0.3, -0.25) is 14.3 Å². The van der Waals surface area contributed by atoms with Gasteiger partial charge in [0, 0.05) is 53.2 Å². The Morgan fingerprint density at radius 1 is 1.05 bits per heavy atom. The zero-order valence-electron chi connectivity index (χ0n) is 23.0. The molecule has 0 spiro atoms. The van der Waals surface area contributed by atoms with Crippen molar-refractivity contribution in [1.29, 1.82) is 0 Å². The van der Waals surface area contributed by atoms with Gasteiger partial charge in [-0.1, -0.05) is 12.1 Å². The van der Waals surface area contributed by atoms with Crippen LogP contribution >= 0.6 is 10.7 Å². The molecule has 3 aromatic heterocycles. The van der Waals surface area contributed by atoms with Crippen LogP contribution in [0, 0.1) is 6.92 Å². The minimum absolute atomic E-state index is 0.0764. The molecule has 4 heterocycles. The Bertz CT molecular complexity index is 1960. The predicted molar refractivity (Wildman–Crippen MR) is 158 cm³/mol. The summed E-state index contributed by atoms with van der Waals surface area (Å²) >= 11 is 0. The number of pyridine rings is 2. The summed E-state index contributed by atoms with van der Waals surface area (Å²) < 4.78 is 77.4. The molecule has 0 aliphatic carbocycles. The Morgan fingerprint density at radius 2 is 1.77 bits per heavy atom. The molecule has 228 valence electrons. The molecule has 16 heteroatoms. The van der Waals surface area contributed by atoms with E-state index >= 15 is 0 Å². The van der Waals surface area contributed by atoms with Gasteiger partial charge in [0.1, 0.15) is 5.65 Å². The van der Waals surface area contributed by atoms with Gasteiger partial charge in [-0.25, -0.2) is 34.9 Å². The van der Waals surface area contributed by atoms with Gasteiger partial charge in [0.15, 0.2) is 0 Å². The first kappa shape index (κ1) is 30.9. The molecule has 0 radical (unpaired) electrons. The van der Waals surface area contributed by atoms with Crippen LogP contribution in [0.2, 0.25) is 0 Å². The van der Waals surface area contributed by atoms with Gasteiger partial charge in [-0.2, -0.15) is 4.98 Å². The molecule has 1 saturated heterocycles. The van der Waals surface area contributed by atoms with Crippen LogP contribution in [0.5, 0.6) is 0 Å². The summed E-state index contributed by atoms with van der Waals surface area (Å²) in [6, 6.07) is 8.68. The number of nitrogens with zero attached hydrogens (tertiary/aromatic N) is 5. The average molecular weight is 653 g/mol. The molecule has 43 heavy (non-hydrogen) atoms. The molecule has 1 aromatic carbocycles. The lowest BCUT2D eigenvalue weighted by molar-refractivity contribution is 0.149. The summed E-state index contributed by atoms with van der Waals surface area (Å²) in [5.74, 6) is 0.182. The fraction of sp³-hybridized carbons (Fsp3) is 0.333. The van der Waals surface area contributed by atoms with Crippen molar-refractivity contribution in [2.24, 2.45) is 0 Å². The lowest BCUT2D eigenvalue weighted by atomic mass is 10.0. The maximum atomic E-state index is 13.8. The van der Waals surface area contributed by atoms with E-state index in [2.05, 4.69) is 20.3 Å². The summed E-state index contributed by atoms with van der Waals surface area (Å²) in [4.78, 5) is 26.2. The standard InChI is InChI=1S/C27H27ClF2N6O5S2/c1-16-3-5-20(43(28,40)41)12-21(16)23-6-4-17(13-31-23)15-36-25-18(11-22(24(29)30)26(36)37)14-32-27(34-25)33-19-7-9-35(10-8-19)42(2,38)39/h3-6,11-14,19,24H,7-10,15H2,1-2H3,(H,32,33,34). The summed E-state index contributed by atoms with van der Waals surface area (Å²) in [5.41, 5.74) is 0.811. The predicted octanol–water partition coefficient (Wildman–Crippen LogP) is 3.91. The van der Waals surface area contributed by atoms with Gasteiger partial charge in [0.25, 0.3) is 21.0 Å². The van der Waals surface area contributed by atoms with E-state index in [0.29, 0.717) is 42.8 Å². The Labute approximate surface area is 251 Å². The van der Waals surface area contributed by atoms with Crippen LogP contribution < -0.4 is 10.9 Å². The third-order valence-corrected chi connectivity index (χ3v) is 9.93. The zero-order valence-corrected chi connectivity index (χ0v) is 25.4. The molecular weight excluding hydrogens is 626 g/mol. The van der Waals surface area contributed by atoms with E-state index in [1.807, 2.05) is 0 Å². The van der Waals surface area contributed by atoms with Crippen LogP contribution in [0.25, 0.3) is 22.3 Å². The van der Waals surface area contributed by atoms with Gasteiger partial charge in [0.2, 0.25) is 16.0 Å². The lowest BCUT2D eigenvalue weighted by Crippen LogP contribution is -2.42. The van der Waals surface area contributed by atoms with E-state index in [1.54, 1.807) is 25.1 Å². The van der Waals surface area contributed by atoms with Crippen LogP contribution in [0.1, 0.15) is 36.0 Å². The number of fused-ring (bicyclic) bond motifs is 1. The topological polar surface area (TPSA) is 144 Å². The first-order chi connectivity index (χ1) is 20.2. The number of nitrogens with one attached hydrogen (secondary N) is 1. The second-order valence-corrected chi connectivity index (χ2v) is 14.9. The molecule has 0 saturated carbocycles. The van der Waals surface area contributed by atoms with Crippen molar-refractivity contribution < 1.29 is 25.6 Å². The third kappa shape index (κ3) is 6.84. The number of piperidine rings is 1. The average Bonchev–Trinajstić information content (AvgIpc) is 2.94. The number of anilines is 1. The second kappa shape index (κ2) is 11.9. The highest BCUT2D eigenvalue weighted by molar-refractivity contribution is 8.13. The van der Waals surface area contributed by atoms with Crippen molar-refractivity contribution in [3.8, 4) is 11.3 Å². The highest BCUT2D eigenvalue weighted by Crippen LogP contribution is 2.27. The number of hydrogen-bond donors (Lipinski definition) is 1. The van der Waals surface area contributed by atoms with Crippen molar-refractivity contribution in [2.75, 3.05) is 24.7 Å². The van der Waals surface area contributed by atoms with E-state index in [9.17, 15) is 30.4 Å². The molecule has 1 fully saturated rings. The zero-order chi connectivity index (χ0) is 31.1. The molecular formula is C27H27ClF2N6O5S2. The molecule has 4 aromatic rings. The quantitative estimate of drug-likeness (QED) is 0.280. The largest absolute Gasteiger partial charge is 0.351 e. The lowest BCUT2D eigenvalue weighted by Gasteiger charge is -2.30. The molecule has 5 rings (SSSR count). The van der Waals surface area contributed by atoms with Crippen molar-refractivity contribution in [3.05, 3.63) is 75.8 Å². The number of aromatic nitrogens is 4. The number of halogens is 3. The first-order valence-corrected chi connectivity index (χ1v) is 17.3. The molecule has 1 aliphatic heterocycles. The van der Waals surface area contributed by atoms with Gasteiger partial charge in [-0.05, 0) is 55.2 Å². The Hall–Kier alpha value is -3.53. The van der Waals surface area contributed by atoms with E-state index < -0.39 is 36.6 Å². The van der Waals surface area contributed by atoms with Crippen LogP contribution in [-0.4, -0.2) is 66.0 Å². The molecule has 1 N–H and O–H groups in total. The van der Waals surface area contributed by atoms with Crippen molar-refractivity contribution in [3.63, 3.8) is 0 Å². The van der Waals surface area contributed by atoms with Crippen LogP contribution in [0.4, 0.5) is 14.7 Å². The highest BCUT2D eigenvalue weighted by Gasteiger charge is 2.26. The summed E-state index contributed by atoms with van der Waals surface area (Å²) in [6.07, 6.45) is 2.01. The van der Waals surface area contributed by atoms with Crippen molar-refractivity contribution >= 4 is 46.7 Å². The van der Waals surface area contributed by atoms with Gasteiger partial charge >= 0.3 is 0 Å². The van der Waals surface area contributed by atoms with Crippen molar-refractivity contribution in [1.82, 2.24) is 23.8 Å². The maximum absolute atomic E-state index is 13.8. The normalized spacial score (nSPS) is 15.3. The molecule has 0 unspecified atom stereocenters. The number of sulfonamides is 1.